The van der Waals surface area contributed by atoms with Gasteiger partial charge >= 0.3 is 0 Å². The van der Waals surface area contributed by atoms with Crippen LogP contribution in [0.25, 0.3) is 0 Å². The molecule has 8 heteroatoms. The van der Waals surface area contributed by atoms with Gasteiger partial charge in [0.25, 0.3) is 0 Å². The van der Waals surface area contributed by atoms with Gasteiger partial charge in [-0.3, -0.25) is 4.79 Å². The summed E-state index contributed by atoms with van der Waals surface area (Å²) >= 11 is 0. The van der Waals surface area contributed by atoms with Crippen molar-refractivity contribution in [3.05, 3.63) is 54.1 Å². The minimum Gasteiger partial charge on any atom is -0.497 e. The summed E-state index contributed by atoms with van der Waals surface area (Å²) < 4.78 is 10.7. The molecule has 3 N–H and O–H groups in total. The van der Waals surface area contributed by atoms with Crippen LogP contribution in [0.15, 0.2) is 48.5 Å². The Morgan fingerprint density at radius 3 is 2.24 bits per heavy atom. The highest BCUT2D eigenvalue weighted by Crippen LogP contribution is 2.30. The predicted molar refractivity (Wildman–Crippen MR) is 121 cm³/mol. The molecular weight excluding hydrogens is 413 g/mol. The van der Waals surface area contributed by atoms with Gasteiger partial charge in [-0.2, -0.15) is 0 Å². The second-order valence-corrected chi connectivity index (χ2v) is 7.04. The third-order valence-electron chi connectivity index (χ3n) is 5.07. The first kappa shape index (κ1) is 24.9. The van der Waals surface area contributed by atoms with Crippen molar-refractivity contribution in [3.63, 3.8) is 0 Å². The Morgan fingerprint density at radius 1 is 1.10 bits per heavy atom. The van der Waals surface area contributed by atoms with Crippen LogP contribution in [0.3, 0.4) is 0 Å². The van der Waals surface area contributed by atoms with Gasteiger partial charge in [-0.1, -0.05) is 30.3 Å². The van der Waals surface area contributed by atoms with Gasteiger partial charge in [0.2, 0.25) is 5.91 Å². The van der Waals surface area contributed by atoms with Gasteiger partial charge in [-0.25, -0.2) is 0 Å². The van der Waals surface area contributed by atoms with Crippen molar-refractivity contribution in [2.75, 3.05) is 32.2 Å². The average molecular weight is 442 g/mol. The summed E-state index contributed by atoms with van der Waals surface area (Å²) in [4.78, 5) is 15.0. The number of halogens is 2. The molecule has 2 aromatic rings. The molecule has 2 aromatic carbocycles. The topological polar surface area (TPSA) is 76.8 Å². The van der Waals surface area contributed by atoms with Crippen LogP contribution in [0, 0.1) is 0 Å². The number of hydrogen-bond donors (Lipinski definition) is 2. The maximum atomic E-state index is 12.8. The predicted octanol–water partition coefficient (Wildman–Crippen LogP) is 3.12. The Kier molecular flexibility index (Phi) is 9.08. The van der Waals surface area contributed by atoms with Gasteiger partial charge in [0.1, 0.15) is 17.0 Å². The maximum Gasteiger partial charge on any atom is 0.244 e. The van der Waals surface area contributed by atoms with Crippen LogP contribution >= 0.6 is 24.8 Å². The van der Waals surface area contributed by atoms with Gasteiger partial charge in [0, 0.05) is 43.0 Å². The fourth-order valence-corrected chi connectivity index (χ4v) is 3.34. The molecule has 1 fully saturated rings. The first-order chi connectivity index (χ1) is 12.9. The second kappa shape index (κ2) is 10.6. The van der Waals surface area contributed by atoms with Crippen molar-refractivity contribution < 1.29 is 14.3 Å². The molecule has 1 aliphatic heterocycles. The number of amides is 1. The molecular formula is C21H29Cl2N3O3. The third-order valence-corrected chi connectivity index (χ3v) is 5.07. The van der Waals surface area contributed by atoms with E-state index >= 15 is 0 Å². The lowest BCUT2D eigenvalue weighted by atomic mass is 9.92. The standard InChI is InChI=1S/C21H27N3O3.2ClH/c1-21(22,15-7-5-4-6-8-15)20(25)23-16-9-10-24(14-16)17-11-18(26-2)13-19(12-17)27-3;;/h4-8,11-13,16H,9-10,14,22H2,1-3H3,(H,23,25);2*1H. The Labute approximate surface area is 184 Å². The summed E-state index contributed by atoms with van der Waals surface area (Å²) in [7, 11) is 3.27. The highest BCUT2D eigenvalue weighted by molar-refractivity contribution is 5.87. The molecule has 1 aliphatic rings. The van der Waals surface area contributed by atoms with Crippen LogP contribution in [-0.2, 0) is 10.3 Å². The minimum absolute atomic E-state index is 0. The molecule has 29 heavy (non-hydrogen) atoms. The van der Waals surface area contributed by atoms with E-state index in [2.05, 4.69) is 10.2 Å². The molecule has 1 amide bonds. The van der Waals surface area contributed by atoms with Gasteiger partial charge in [-0.15, -0.1) is 24.8 Å². The van der Waals surface area contributed by atoms with Crippen molar-refractivity contribution in [2.24, 2.45) is 5.73 Å². The quantitative estimate of drug-likeness (QED) is 0.719. The molecule has 3 rings (SSSR count). The first-order valence-corrected chi connectivity index (χ1v) is 9.07. The smallest absolute Gasteiger partial charge is 0.244 e. The number of nitrogens with two attached hydrogens (primary N) is 1. The van der Waals surface area contributed by atoms with E-state index in [1.54, 1.807) is 21.1 Å². The fourth-order valence-electron chi connectivity index (χ4n) is 3.34. The number of anilines is 1. The molecule has 0 bridgehead atoms. The van der Waals surface area contributed by atoms with Crippen LogP contribution in [0.5, 0.6) is 11.5 Å². The lowest BCUT2D eigenvalue weighted by molar-refractivity contribution is -0.126. The molecule has 2 unspecified atom stereocenters. The van der Waals surface area contributed by atoms with E-state index in [-0.39, 0.29) is 36.8 Å². The summed E-state index contributed by atoms with van der Waals surface area (Å²) in [6.07, 6.45) is 0.857. The van der Waals surface area contributed by atoms with E-state index in [0.717, 1.165) is 35.7 Å². The number of ether oxygens (including phenoxy) is 2. The molecule has 0 aliphatic carbocycles. The summed E-state index contributed by atoms with van der Waals surface area (Å²) in [5.41, 5.74) is 7.08. The molecule has 0 saturated carbocycles. The van der Waals surface area contributed by atoms with Crippen molar-refractivity contribution in [1.82, 2.24) is 5.32 Å². The Morgan fingerprint density at radius 2 is 1.69 bits per heavy atom. The molecule has 6 nitrogen and oxygen atoms in total. The SMILES string of the molecule is COc1cc(OC)cc(N2CCC(NC(=O)C(C)(N)c3ccccc3)C2)c1.Cl.Cl. The summed E-state index contributed by atoms with van der Waals surface area (Å²) in [6.45, 7) is 3.30. The van der Waals surface area contributed by atoms with E-state index in [1.165, 1.54) is 0 Å². The number of nitrogens with one attached hydrogen (secondary N) is 1. The van der Waals surface area contributed by atoms with E-state index < -0.39 is 5.54 Å². The number of carbonyl (C=O) groups excluding carboxylic acids is 1. The van der Waals surface area contributed by atoms with E-state index in [1.807, 2.05) is 48.5 Å². The van der Waals surface area contributed by atoms with Crippen LogP contribution in [-0.4, -0.2) is 39.3 Å². The Balaban J connectivity index is 0.00000210. The van der Waals surface area contributed by atoms with Gasteiger partial charge < -0.3 is 25.4 Å². The number of hydrogen-bond acceptors (Lipinski definition) is 5. The maximum absolute atomic E-state index is 12.8. The Hall–Kier alpha value is -2.15. The van der Waals surface area contributed by atoms with Gasteiger partial charge in [0.15, 0.2) is 0 Å². The van der Waals surface area contributed by atoms with E-state index in [4.69, 9.17) is 15.2 Å². The number of nitrogens with zero attached hydrogens (tertiary/aromatic N) is 1. The third kappa shape index (κ3) is 5.69. The molecule has 160 valence electrons. The molecule has 0 spiro atoms. The van der Waals surface area contributed by atoms with Crippen LogP contribution in [0.1, 0.15) is 18.9 Å². The van der Waals surface area contributed by atoms with Gasteiger partial charge in [-0.05, 0) is 18.9 Å². The van der Waals surface area contributed by atoms with Crippen molar-refractivity contribution in [2.45, 2.75) is 24.9 Å². The Bertz CT molecular complexity index is 781. The monoisotopic (exact) mass is 441 g/mol. The largest absolute Gasteiger partial charge is 0.497 e. The van der Waals surface area contributed by atoms with E-state index in [0.29, 0.717) is 6.54 Å². The summed E-state index contributed by atoms with van der Waals surface area (Å²) in [5.74, 6) is 1.33. The zero-order valence-corrected chi connectivity index (χ0v) is 18.5. The van der Waals surface area contributed by atoms with Crippen molar-refractivity contribution in [1.29, 1.82) is 0 Å². The summed E-state index contributed by atoms with van der Waals surface area (Å²) in [6, 6.07) is 15.3. The van der Waals surface area contributed by atoms with Crippen LogP contribution in [0.2, 0.25) is 0 Å². The number of rotatable bonds is 6. The normalized spacial score (nSPS) is 17.4. The number of benzene rings is 2. The molecule has 2 atom stereocenters. The first-order valence-electron chi connectivity index (χ1n) is 9.07. The van der Waals surface area contributed by atoms with Crippen molar-refractivity contribution in [3.8, 4) is 11.5 Å². The lowest BCUT2D eigenvalue weighted by Gasteiger charge is -2.26. The fraction of sp³-hybridized carbons (Fsp3) is 0.381. The van der Waals surface area contributed by atoms with Crippen LogP contribution in [0.4, 0.5) is 5.69 Å². The lowest BCUT2D eigenvalue weighted by Crippen LogP contribution is -2.52. The van der Waals surface area contributed by atoms with Crippen molar-refractivity contribution >= 4 is 36.4 Å². The molecule has 1 heterocycles. The zero-order valence-electron chi connectivity index (χ0n) is 16.9. The second-order valence-electron chi connectivity index (χ2n) is 7.04. The van der Waals surface area contributed by atoms with Crippen LogP contribution < -0.4 is 25.4 Å². The summed E-state index contributed by atoms with van der Waals surface area (Å²) in [5, 5.41) is 3.11. The highest BCUT2D eigenvalue weighted by Gasteiger charge is 2.33. The minimum atomic E-state index is -1.06. The number of carbonyl (C=O) groups is 1. The average Bonchev–Trinajstić information content (AvgIpc) is 3.16. The van der Waals surface area contributed by atoms with Gasteiger partial charge in [0.05, 0.1) is 14.2 Å². The molecule has 1 saturated heterocycles. The van der Waals surface area contributed by atoms with E-state index in [9.17, 15) is 4.79 Å². The zero-order chi connectivity index (χ0) is 19.4. The molecule has 0 aromatic heterocycles. The number of methoxy groups -OCH3 is 2. The highest BCUT2D eigenvalue weighted by atomic mass is 35.5. The molecule has 0 radical (unpaired) electrons.